The Morgan fingerprint density at radius 2 is 2.25 bits per heavy atom. The average molecular weight is 236 g/mol. The molecule has 0 radical (unpaired) electrons. The molecule has 0 bridgehead atoms. The predicted molar refractivity (Wildman–Crippen MR) is 61.5 cm³/mol. The van der Waals surface area contributed by atoms with Crippen LogP contribution in [0.4, 0.5) is 11.5 Å². The van der Waals surface area contributed by atoms with Gasteiger partial charge in [-0.05, 0) is 0 Å². The third-order valence-corrected chi connectivity index (χ3v) is 2.58. The van der Waals surface area contributed by atoms with Crippen molar-refractivity contribution in [1.29, 1.82) is 0 Å². The van der Waals surface area contributed by atoms with Crippen molar-refractivity contribution in [2.45, 2.75) is 0 Å². The molecule has 0 saturated heterocycles. The Bertz CT molecular complexity index is 526. The second-order valence-electron chi connectivity index (χ2n) is 3.02. The number of anilines is 1. The van der Waals surface area contributed by atoms with Crippen LogP contribution >= 0.6 is 11.7 Å². The Morgan fingerprint density at radius 1 is 1.44 bits per heavy atom. The molecule has 0 aliphatic heterocycles. The van der Waals surface area contributed by atoms with Crippen molar-refractivity contribution >= 4 is 23.2 Å². The number of hydrogen-bond acceptors (Lipinski definition) is 6. The Morgan fingerprint density at radius 3 is 2.94 bits per heavy atom. The summed E-state index contributed by atoms with van der Waals surface area (Å²) < 4.78 is 8.14. The van der Waals surface area contributed by atoms with E-state index < -0.39 is 4.92 Å². The Balaban J connectivity index is 2.48. The molecule has 1 aromatic heterocycles. The van der Waals surface area contributed by atoms with E-state index in [9.17, 15) is 10.1 Å². The highest BCUT2D eigenvalue weighted by molar-refractivity contribution is 6.99. The summed E-state index contributed by atoms with van der Waals surface area (Å²) >= 11 is 1.07. The summed E-state index contributed by atoms with van der Waals surface area (Å²) in [6.07, 6.45) is 0. The maximum atomic E-state index is 10.6. The smallest absolute Gasteiger partial charge is 0.270 e. The number of nitro groups is 1. The molecule has 0 aliphatic rings. The van der Waals surface area contributed by atoms with E-state index in [0.717, 1.165) is 11.7 Å². The summed E-state index contributed by atoms with van der Waals surface area (Å²) in [5.41, 5.74) is 1.37. The summed E-state index contributed by atoms with van der Waals surface area (Å²) in [7, 11) is 1.73. The monoisotopic (exact) mass is 236 g/mol. The van der Waals surface area contributed by atoms with Gasteiger partial charge in [0.2, 0.25) is 0 Å². The van der Waals surface area contributed by atoms with Gasteiger partial charge in [0.1, 0.15) is 5.69 Å². The summed E-state index contributed by atoms with van der Waals surface area (Å²) in [5.74, 6) is 0.630. The number of benzene rings is 1. The zero-order valence-corrected chi connectivity index (χ0v) is 9.19. The first-order valence-electron chi connectivity index (χ1n) is 4.47. The van der Waals surface area contributed by atoms with Crippen LogP contribution in [0, 0.1) is 10.1 Å². The lowest BCUT2D eigenvalue weighted by molar-refractivity contribution is -0.384. The fraction of sp³-hybridized carbons (Fsp3) is 0.111. The van der Waals surface area contributed by atoms with Gasteiger partial charge in [-0.25, -0.2) is 0 Å². The van der Waals surface area contributed by atoms with E-state index in [1.807, 2.05) is 0 Å². The molecule has 1 N–H and O–H groups in total. The highest BCUT2D eigenvalue weighted by atomic mass is 32.1. The van der Waals surface area contributed by atoms with E-state index in [1.54, 1.807) is 19.2 Å². The third kappa shape index (κ3) is 1.84. The summed E-state index contributed by atoms with van der Waals surface area (Å²) in [5, 5.41) is 13.5. The highest BCUT2D eigenvalue weighted by Gasteiger charge is 2.12. The van der Waals surface area contributed by atoms with Crippen LogP contribution in [0.1, 0.15) is 0 Å². The normalized spacial score (nSPS) is 10.1. The number of nitrogens with one attached hydrogen (secondary N) is 1. The minimum Gasteiger partial charge on any atom is -0.370 e. The molecule has 0 atom stereocenters. The molecule has 6 nitrogen and oxygen atoms in total. The number of non-ortho nitro benzene ring substituents is 1. The molecule has 0 saturated carbocycles. The Kier molecular flexibility index (Phi) is 2.78. The van der Waals surface area contributed by atoms with Gasteiger partial charge in [-0.15, -0.1) is 0 Å². The summed E-state index contributed by atoms with van der Waals surface area (Å²) in [6, 6.07) is 6.33. The lowest BCUT2D eigenvalue weighted by atomic mass is 10.1. The van der Waals surface area contributed by atoms with Gasteiger partial charge in [0.15, 0.2) is 5.82 Å². The maximum Gasteiger partial charge on any atom is 0.270 e. The van der Waals surface area contributed by atoms with E-state index in [4.69, 9.17) is 0 Å². The standard InChI is InChI=1S/C9H8N4O2S/c1-10-9-8(11-16-12-9)6-3-2-4-7(5-6)13(14)15/h2-5H,1H3,(H,10,12). The molecule has 0 aliphatic carbocycles. The van der Waals surface area contributed by atoms with Crippen LogP contribution in [-0.4, -0.2) is 20.7 Å². The second kappa shape index (κ2) is 4.23. The van der Waals surface area contributed by atoms with Crippen molar-refractivity contribution in [2.75, 3.05) is 12.4 Å². The van der Waals surface area contributed by atoms with E-state index in [2.05, 4.69) is 14.1 Å². The lowest BCUT2D eigenvalue weighted by Gasteiger charge is -1.99. The minimum absolute atomic E-state index is 0.0487. The number of hydrogen-bond donors (Lipinski definition) is 1. The van der Waals surface area contributed by atoms with Gasteiger partial charge in [-0.3, -0.25) is 10.1 Å². The minimum atomic E-state index is -0.428. The van der Waals surface area contributed by atoms with Crippen LogP contribution in [0.5, 0.6) is 0 Å². The highest BCUT2D eigenvalue weighted by Crippen LogP contribution is 2.27. The fourth-order valence-electron chi connectivity index (χ4n) is 1.31. The van der Waals surface area contributed by atoms with Crippen molar-refractivity contribution in [2.24, 2.45) is 0 Å². The molecule has 1 heterocycles. The van der Waals surface area contributed by atoms with Crippen LogP contribution in [0.15, 0.2) is 24.3 Å². The quantitative estimate of drug-likeness (QED) is 0.652. The third-order valence-electron chi connectivity index (χ3n) is 2.06. The first-order valence-corrected chi connectivity index (χ1v) is 5.20. The van der Waals surface area contributed by atoms with Crippen molar-refractivity contribution in [1.82, 2.24) is 8.75 Å². The number of aromatic nitrogens is 2. The molecule has 0 unspecified atom stereocenters. The summed E-state index contributed by atoms with van der Waals surface area (Å²) in [6.45, 7) is 0. The topological polar surface area (TPSA) is 81.0 Å². The zero-order valence-electron chi connectivity index (χ0n) is 8.38. The van der Waals surface area contributed by atoms with E-state index >= 15 is 0 Å². The first-order chi connectivity index (χ1) is 7.72. The second-order valence-corrected chi connectivity index (χ2v) is 3.55. The molecule has 0 amide bonds. The van der Waals surface area contributed by atoms with Crippen molar-refractivity contribution in [3.63, 3.8) is 0 Å². The number of nitro benzene ring substituents is 1. The van der Waals surface area contributed by atoms with Gasteiger partial charge in [0.05, 0.1) is 16.7 Å². The Labute approximate surface area is 95.4 Å². The van der Waals surface area contributed by atoms with E-state index in [0.29, 0.717) is 17.1 Å². The van der Waals surface area contributed by atoms with Crippen molar-refractivity contribution in [3.05, 3.63) is 34.4 Å². The lowest BCUT2D eigenvalue weighted by Crippen LogP contribution is -1.92. The molecule has 82 valence electrons. The number of nitrogens with zero attached hydrogens (tertiary/aromatic N) is 3. The van der Waals surface area contributed by atoms with Crippen molar-refractivity contribution < 1.29 is 4.92 Å². The average Bonchev–Trinajstić information content (AvgIpc) is 2.77. The molecule has 0 spiro atoms. The van der Waals surface area contributed by atoms with Crippen LogP contribution in [0.25, 0.3) is 11.3 Å². The van der Waals surface area contributed by atoms with Crippen LogP contribution < -0.4 is 5.32 Å². The van der Waals surface area contributed by atoms with Gasteiger partial charge in [0.25, 0.3) is 5.69 Å². The van der Waals surface area contributed by atoms with Crippen LogP contribution in [-0.2, 0) is 0 Å². The molecule has 7 heteroatoms. The van der Waals surface area contributed by atoms with E-state index in [1.165, 1.54) is 12.1 Å². The van der Waals surface area contributed by atoms with Gasteiger partial charge in [-0.1, -0.05) is 12.1 Å². The SMILES string of the molecule is CNc1nsnc1-c1cccc([N+](=O)[O-])c1. The molecule has 2 rings (SSSR count). The largest absolute Gasteiger partial charge is 0.370 e. The molecular weight excluding hydrogens is 228 g/mol. The fourth-order valence-corrected chi connectivity index (χ4v) is 1.88. The predicted octanol–water partition coefficient (Wildman–Crippen LogP) is 2.16. The van der Waals surface area contributed by atoms with Gasteiger partial charge in [0, 0.05) is 24.7 Å². The molecular formula is C9H8N4O2S. The van der Waals surface area contributed by atoms with Gasteiger partial charge in [-0.2, -0.15) is 8.75 Å². The first kappa shape index (κ1) is 10.5. The van der Waals surface area contributed by atoms with Crippen LogP contribution in [0.2, 0.25) is 0 Å². The molecule has 16 heavy (non-hydrogen) atoms. The van der Waals surface area contributed by atoms with Crippen LogP contribution in [0.3, 0.4) is 0 Å². The molecule has 0 fully saturated rings. The van der Waals surface area contributed by atoms with Crippen molar-refractivity contribution in [3.8, 4) is 11.3 Å². The molecule has 2 aromatic rings. The van der Waals surface area contributed by atoms with Gasteiger partial charge < -0.3 is 5.32 Å². The zero-order chi connectivity index (χ0) is 11.5. The van der Waals surface area contributed by atoms with E-state index in [-0.39, 0.29) is 5.69 Å². The van der Waals surface area contributed by atoms with Gasteiger partial charge >= 0.3 is 0 Å². The number of rotatable bonds is 3. The Hall–Kier alpha value is -2.02. The molecule has 1 aromatic carbocycles. The maximum absolute atomic E-state index is 10.6. The summed E-state index contributed by atoms with van der Waals surface area (Å²) in [4.78, 5) is 10.2.